The lowest BCUT2D eigenvalue weighted by atomic mass is 9.97. The molecular formula is C75H58N16+4. The van der Waals surface area contributed by atoms with E-state index in [2.05, 4.69) is 207 Å². The third-order valence-electron chi connectivity index (χ3n) is 19.1. The average Bonchev–Trinajstić information content (AvgIpc) is 1.61. The second-order valence-electron chi connectivity index (χ2n) is 24.0. The van der Waals surface area contributed by atoms with Gasteiger partial charge in [0.05, 0.1) is 85.2 Å². The maximum absolute atomic E-state index is 7.33. The van der Waals surface area contributed by atoms with Crippen molar-refractivity contribution in [3.63, 3.8) is 0 Å². The second kappa shape index (κ2) is 21.5. The van der Waals surface area contributed by atoms with Crippen molar-refractivity contribution < 1.29 is 18.7 Å². The SMILES string of the molecule is [C-]#[N+]c1cc2c[n+]3n(c2cc1[N+]#[C-])-c1c(C)c(C)cc(C)c1C3.[C-]#[N+]c1cc2c[n+]3n(c2cc1[N+]#[C-])-c1c(cc(C)c(C)c1C)C3.[C-]#[N+]c1cc2c[n+]3n(c2cc1[N+]#[C-])-c1c(ccc(C)c1C)C3.[C-]#[N+]c1cc2c[n+]3n(c2cc1[N+]#[C-])-c1cc(C)c(C)c(C)c1C3. The van der Waals surface area contributed by atoms with E-state index in [0.29, 0.717) is 45.5 Å². The number of hydrogen-bond donors (Lipinski definition) is 0. The molecular weight excluding hydrogens is 1120 g/mol. The van der Waals surface area contributed by atoms with Gasteiger partial charge in [0.1, 0.15) is 44.8 Å². The number of benzene rings is 8. The van der Waals surface area contributed by atoms with E-state index in [9.17, 15) is 0 Å². The van der Waals surface area contributed by atoms with E-state index < -0.39 is 0 Å². The Morgan fingerprint density at radius 3 is 1.09 bits per heavy atom. The molecule has 0 spiro atoms. The molecule has 434 valence electrons. The van der Waals surface area contributed by atoms with Crippen LogP contribution < -0.4 is 18.7 Å². The molecule has 16 nitrogen and oxygen atoms in total. The molecule has 4 aromatic heterocycles. The largest absolute Gasteiger partial charge is 0.250 e. The summed E-state index contributed by atoms with van der Waals surface area (Å²) in [7, 11) is 0. The lowest BCUT2D eigenvalue weighted by Gasteiger charge is -2.09. The molecule has 91 heavy (non-hydrogen) atoms. The van der Waals surface area contributed by atoms with Gasteiger partial charge >= 0.3 is 0 Å². The van der Waals surface area contributed by atoms with Gasteiger partial charge in [-0.2, -0.15) is 0 Å². The number of rotatable bonds is 0. The normalized spacial score (nSPS) is 11.9. The van der Waals surface area contributed by atoms with Crippen LogP contribution in [0.4, 0.5) is 45.5 Å². The standard InChI is InChI=1S/3C19H15N4.C18H13N4/c1-11-6-19-15(13(3)12(11)2)10-22-9-14-7-16(20-4)17(21-5)8-18(14)23(19)22;1-11-6-15-10-22-9-14-7-16(20-4)17(21-5)8-18(14)23(22)19(15)13(3)12(11)2;1-11-6-12(2)15-10-22-9-14-7-16(20-4)17(21-5)8-18(14)23(22)19(15)13(11)3;1-11-5-6-13-9-21-10-14-7-15(19-3)16(20-4)8-17(14)22(21)18(13)12(11)2/h3*6-9H,10H2,1-3H3;5-8,10H,9H2,1-2H3/q4*+1. The van der Waals surface area contributed by atoms with Crippen LogP contribution in [0.3, 0.4) is 0 Å². The smallest absolute Gasteiger partial charge is 0.202 e. The van der Waals surface area contributed by atoms with Gasteiger partial charge in [-0.1, -0.05) is 36.4 Å². The van der Waals surface area contributed by atoms with E-state index in [1.54, 1.807) is 0 Å². The van der Waals surface area contributed by atoms with Crippen molar-refractivity contribution in [1.82, 2.24) is 18.7 Å². The molecule has 4 aliphatic rings. The van der Waals surface area contributed by atoms with Crippen molar-refractivity contribution in [2.24, 2.45) is 0 Å². The number of fused-ring (bicyclic) bond motifs is 20. The molecule has 4 aliphatic heterocycles. The number of nitrogens with zero attached hydrogens (tertiary/aromatic N) is 16. The minimum absolute atomic E-state index is 0.419. The first-order chi connectivity index (χ1) is 43.8. The average molecular weight is 1180 g/mol. The number of hydrogen-bond acceptors (Lipinski definition) is 0. The lowest BCUT2D eigenvalue weighted by Crippen LogP contribution is -2.36. The highest BCUT2D eigenvalue weighted by atomic mass is 15.4. The lowest BCUT2D eigenvalue weighted by molar-refractivity contribution is -0.749. The Kier molecular flexibility index (Phi) is 13.6. The van der Waals surface area contributed by atoms with Gasteiger partial charge < -0.3 is 0 Å². The van der Waals surface area contributed by atoms with Crippen molar-refractivity contribution in [2.75, 3.05) is 0 Å². The van der Waals surface area contributed by atoms with Crippen molar-refractivity contribution >= 4 is 89.1 Å². The summed E-state index contributed by atoms with van der Waals surface area (Å²) in [6.45, 7) is 85.2. The fourth-order valence-electron chi connectivity index (χ4n) is 13.7. The Labute approximate surface area is 527 Å². The van der Waals surface area contributed by atoms with Crippen LogP contribution >= 0.6 is 0 Å². The summed E-state index contributed by atoms with van der Waals surface area (Å²) in [5, 5.41) is 4.02. The Bertz CT molecular complexity index is 5710. The molecule has 0 saturated carbocycles. The first-order valence-corrected chi connectivity index (χ1v) is 29.5. The van der Waals surface area contributed by atoms with Crippen LogP contribution in [0.2, 0.25) is 0 Å². The molecule has 0 saturated heterocycles. The third kappa shape index (κ3) is 8.78. The zero-order valence-corrected chi connectivity index (χ0v) is 52.3. The Morgan fingerprint density at radius 2 is 0.626 bits per heavy atom. The van der Waals surface area contributed by atoms with Gasteiger partial charge in [0.25, 0.3) is 0 Å². The summed E-state index contributed by atoms with van der Waals surface area (Å²) in [6.07, 6.45) is 8.28. The molecule has 0 bridgehead atoms. The second-order valence-corrected chi connectivity index (χ2v) is 24.0. The van der Waals surface area contributed by atoms with Gasteiger partial charge in [-0.25, -0.2) is 0 Å². The summed E-state index contributed by atoms with van der Waals surface area (Å²) >= 11 is 0. The fraction of sp³-hybridized carbons (Fsp3) is 0.200. The molecule has 0 N–H and O–H groups in total. The van der Waals surface area contributed by atoms with Crippen LogP contribution in [-0.2, 0) is 26.2 Å². The predicted octanol–water partition coefficient (Wildman–Crippen LogP) is 16.9. The summed E-state index contributed by atoms with van der Waals surface area (Å²) in [6, 6.07) is 25.7. The van der Waals surface area contributed by atoms with E-state index in [4.69, 9.17) is 52.6 Å². The number of aromatic nitrogens is 8. The highest BCUT2D eigenvalue weighted by Crippen LogP contribution is 2.42. The third-order valence-corrected chi connectivity index (χ3v) is 19.1. The van der Waals surface area contributed by atoms with Crippen LogP contribution in [0.1, 0.15) is 83.5 Å². The topological polar surface area (TPSA) is 70.1 Å². The van der Waals surface area contributed by atoms with Crippen molar-refractivity contribution in [3.05, 3.63) is 278 Å². The molecule has 0 aliphatic carbocycles. The zero-order valence-electron chi connectivity index (χ0n) is 52.3. The number of aryl methyl sites for hydroxylation is 5. The van der Waals surface area contributed by atoms with E-state index >= 15 is 0 Å². The molecule has 0 unspecified atom stereocenters. The van der Waals surface area contributed by atoms with Crippen LogP contribution in [0.5, 0.6) is 0 Å². The van der Waals surface area contributed by atoms with E-state index in [0.717, 1.165) is 69.8 Å². The molecule has 0 amide bonds. The molecule has 0 fully saturated rings. The van der Waals surface area contributed by atoms with Crippen LogP contribution in [0, 0.1) is 129 Å². The summed E-state index contributed by atoms with van der Waals surface area (Å²) in [4.78, 5) is 28.0. The molecule has 12 aromatic rings. The fourth-order valence-corrected chi connectivity index (χ4v) is 13.7. The zero-order chi connectivity index (χ0) is 64.3. The molecule has 0 radical (unpaired) electrons. The van der Waals surface area contributed by atoms with Gasteiger partial charge in [-0.05, 0) is 180 Å². The van der Waals surface area contributed by atoms with E-state index in [1.807, 2.05) is 48.5 Å². The summed E-state index contributed by atoms with van der Waals surface area (Å²) in [5.74, 6) is 0. The minimum Gasteiger partial charge on any atom is -0.250 e. The Balaban J connectivity index is 0.000000111. The first kappa shape index (κ1) is 57.6. The first-order valence-electron chi connectivity index (χ1n) is 29.5. The van der Waals surface area contributed by atoms with Crippen LogP contribution in [0.15, 0.2) is 104 Å². The molecule has 16 rings (SSSR count). The monoisotopic (exact) mass is 1180 g/mol. The van der Waals surface area contributed by atoms with Crippen LogP contribution in [0.25, 0.3) is 105 Å². The van der Waals surface area contributed by atoms with Crippen LogP contribution in [-0.4, -0.2) is 18.7 Å². The highest BCUT2D eigenvalue weighted by Gasteiger charge is 2.36. The Hall–Kier alpha value is -12.4. The summed E-state index contributed by atoms with van der Waals surface area (Å²) in [5.41, 5.74) is 31.7. The predicted molar refractivity (Wildman–Crippen MR) is 352 cm³/mol. The van der Waals surface area contributed by atoms with Gasteiger partial charge in [0.2, 0.25) is 24.8 Å². The minimum atomic E-state index is 0.419. The quantitative estimate of drug-likeness (QED) is 0.107. The van der Waals surface area contributed by atoms with Gasteiger partial charge in [0, 0.05) is 11.1 Å². The van der Waals surface area contributed by atoms with E-state index in [-0.39, 0.29) is 0 Å². The maximum atomic E-state index is 7.33. The Morgan fingerprint density at radius 1 is 0.286 bits per heavy atom. The molecule has 0 atom stereocenters. The van der Waals surface area contributed by atoms with Crippen molar-refractivity contribution in [1.29, 1.82) is 0 Å². The molecule has 16 heteroatoms. The molecule has 8 aromatic carbocycles. The van der Waals surface area contributed by atoms with Crippen molar-refractivity contribution in [3.8, 4) is 22.7 Å². The summed E-state index contributed by atoms with van der Waals surface area (Å²) < 4.78 is 17.4. The van der Waals surface area contributed by atoms with Crippen molar-refractivity contribution in [2.45, 2.75) is 102 Å². The van der Waals surface area contributed by atoms with Gasteiger partial charge in [-0.3, -0.25) is 38.8 Å². The van der Waals surface area contributed by atoms with E-state index in [1.165, 1.54) is 106 Å². The van der Waals surface area contributed by atoms with Gasteiger partial charge in [0.15, 0.2) is 71.7 Å². The van der Waals surface area contributed by atoms with Gasteiger partial charge in [-0.15, -0.1) is 37.5 Å². The highest BCUT2D eigenvalue weighted by molar-refractivity contribution is 5.94. The maximum Gasteiger partial charge on any atom is 0.202 e. The molecule has 8 heterocycles.